The number of anilines is 2. The second kappa shape index (κ2) is 7.92. The normalized spacial score (nSPS) is 15.7. The molecule has 1 unspecified atom stereocenters. The lowest BCUT2D eigenvalue weighted by molar-refractivity contribution is -0.119. The van der Waals surface area contributed by atoms with Crippen LogP contribution >= 0.6 is 0 Å². The van der Waals surface area contributed by atoms with Crippen LogP contribution in [-0.2, 0) is 9.59 Å². The van der Waals surface area contributed by atoms with Crippen molar-refractivity contribution in [2.75, 3.05) is 23.8 Å². The Morgan fingerprint density at radius 3 is 2.57 bits per heavy atom. The van der Waals surface area contributed by atoms with E-state index in [2.05, 4.69) is 5.32 Å². The van der Waals surface area contributed by atoms with E-state index in [1.54, 1.807) is 60.5 Å². The molecule has 28 heavy (non-hydrogen) atoms. The minimum Gasteiger partial charge on any atom is -0.332 e. The molecule has 0 aliphatic carbocycles. The summed E-state index contributed by atoms with van der Waals surface area (Å²) < 4.78 is 0. The fourth-order valence-electron chi connectivity index (χ4n) is 3.23. The second-order valence-corrected chi connectivity index (χ2v) is 6.73. The first-order valence-corrected chi connectivity index (χ1v) is 8.87. The van der Waals surface area contributed by atoms with E-state index in [-0.39, 0.29) is 36.7 Å². The van der Waals surface area contributed by atoms with Gasteiger partial charge in [0.15, 0.2) is 0 Å². The Morgan fingerprint density at radius 1 is 1.21 bits per heavy atom. The number of nitriles is 1. The molecule has 142 valence electrons. The van der Waals surface area contributed by atoms with E-state index < -0.39 is 0 Å². The van der Waals surface area contributed by atoms with Gasteiger partial charge in [-0.05, 0) is 43.3 Å². The number of hydrogen-bond donors (Lipinski definition) is 1. The van der Waals surface area contributed by atoms with Crippen LogP contribution in [0.2, 0.25) is 0 Å². The minimum absolute atomic E-state index is 0.133. The Morgan fingerprint density at radius 2 is 1.89 bits per heavy atom. The lowest BCUT2D eigenvalue weighted by Gasteiger charge is -2.29. The summed E-state index contributed by atoms with van der Waals surface area (Å²) >= 11 is 0. The fourth-order valence-corrected chi connectivity index (χ4v) is 3.23. The highest BCUT2D eigenvalue weighted by Gasteiger charge is 2.30. The minimum atomic E-state index is -0.338. The largest absolute Gasteiger partial charge is 0.332 e. The molecule has 2 aromatic rings. The third kappa shape index (κ3) is 3.86. The van der Waals surface area contributed by atoms with Gasteiger partial charge in [-0.25, -0.2) is 0 Å². The molecule has 0 spiro atoms. The van der Waals surface area contributed by atoms with Crippen molar-refractivity contribution >= 4 is 29.1 Å². The van der Waals surface area contributed by atoms with Crippen LogP contribution < -0.4 is 10.2 Å². The van der Waals surface area contributed by atoms with Gasteiger partial charge in [-0.15, -0.1) is 0 Å². The van der Waals surface area contributed by atoms with E-state index in [9.17, 15) is 14.4 Å². The average Bonchev–Trinajstić information content (AvgIpc) is 2.81. The van der Waals surface area contributed by atoms with Crippen molar-refractivity contribution < 1.29 is 14.4 Å². The van der Waals surface area contributed by atoms with Crippen LogP contribution in [0.4, 0.5) is 11.4 Å². The van der Waals surface area contributed by atoms with Gasteiger partial charge in [-0.1, -0.05) is 12.1 Å². The standard InChI is InChI=1S/C21H20N4O3/c1-14-11-19(26)23-17-5-3-4-6-18(17)25(14)20(27)13-24(2)21(28)16-9-7-15(12-22)8-10-16/h3-10,14H,11,13H2,1-2H3,(H,23,26). The summed E-state index contributed by atoms with van der Waals surface area (Å²) in [5.41, 5.74) is 2.05. The van der Waals surface area contributed by atoms with Crippen LogP contribution in [0.15, 0.2) is 48.5 Å². The van der Waals surface area contributed by atoms with Gasteiger partial charge >= 0.3 is 0 Å². The molecule has 0 radical (unpaired) electrons. The van der Waals surface area contributed by atoms with Crippen molar-refractivity contribution in [3.8, 4) is 6.07 Å². The van der Waals surface area contributed by atoms with Gasteiger partial charge in [0.25, 0.3) is 5.91 Å². The SMILES string of the molecule is CC1CC(=O)Nc2ccccc2N1C(=O)CN(C)C(=O)c1ccc(C#N)cc1. The van der Waals surface area contributed by atoms with Gasteiger partial charge in [0, 0.05) is 25.1 Å². The summed E-state index contributed by atoms with van der Waals surface area (Å²) in [7, 11) is 1.55. The quantitative estimate of drug-likeness (QED) is 0.890. The van der Waals surface area contributed by atoms with Gasteiger partial charge < -0.3 is 15.1 Å². The molecule has 1 heterocycles. The zero-order valence-corrected chi connectivity index (χ0v) is 15.7. The molecule has 0 saturated carbocycles. The van der Waals surface area contributed by atoms with Crippen molar-refractivity contribution in [2.24, 2.45) is 0 Å². The van der Waals surface area contributed by atoms with Gasteiger partial charge in [-0.3, -0.25) is 14.4 Å². The molecule has 1 atom stereocenters. The monoisotopic (exact) mass is 376 g/mol. The van der Waals surface area contributed by atoms with Crippen LogP contribution in [0.3, 0.4) is 0 Å². The third-order valence-electron chi connectivity index (χ3n) is 4.61. The summed E-state index contributed by atoms with van der Waals surface area (Å²) in [6.45, 7) is 1.67. The lowest BCUT2D eigenvalue weighted by atomic mass is 10.1. The van der Waals surface area contributed by atoms with Gasteiger partial charge in [-0.2, -0.15) is 5.26 Å². The number of carbonyl (C=O) groups excluding carboxylic acids is 3. The number of para-hydroxylation sites is 2. The Bertz CT molecular complexity index is 962. The number of fused-ring (bicyclic) bond motifs is 1. The maximum Gasteiger partial charge on any atom is 0.254 e. The van der Waals surface area contributed by atoms with Crippen LogP contribution in [0.25, 0.3) is 0 Å². The van der Waals surface area contributed by atoms with Crippen LogP contribution in [0.1, 0.15) is 29.3 Å². The number of amides is 3. The van der Waals surface area contributed by atoms with E-state index in [1.165, 1.54) is 4.90 Å². The van der Waals surface area contributed by atoms with Crippen molar-refractivity contribution in [3.05, 3.63) is 59.7 Å². The highest BCUT2D eigenvalue weighted by molar-refractivity contribution is 6.06. The molecular formula is C21H20N4O3. The predicted octanol–water partition coefficient (Wildman–Crippen LogP) is 2.39. The summed E-state index contributed by atoms with van der Waals surface area (Å²) in [5, 5.41) is 11.7. The molecule has 2 aromatic carbocycles. The Labute approximate surface area is 163 Å². The Hall–Kier alpha value is -3.66. The molecular weight excluding hydrogens is 356 g/mol. The summed E-state index contributed by atoms with van der Waals surface area (Å²) in [4.78, 5) is 40.6. The molecule has 3 rings (SSSR count). The average molecular weight is 376 g/mol. The highest BCUT2D eigenvalue weighted by Crippen LogP contribution is 2.31. The molecule has 0 saturated heterocycles. The number of benzene rings is 2. The summed E-state index contributed by atoms with van der Waals surface area (Å²) in [6.07, 6.45) is 0.174. The first-order chi connectivity index (χ1) is 13.4. The molecule has 3 amide bonds. The first-order valence-electron chi connectivity index (χ1n) is 8.87. The Kier molecular flexibility index (Phi) is 5.41. The topological polar surface area (TPSA) is 93.5 Å². The van der Waals surface area contributed by atoms with Gasteiger partial charge in [0.05, 0.1) is 23.0 Å². The fraction of sp³-hybridized carbons (Fsp3) is 0.238. The van der Waals surface area contributed by atoms with E-state index >= 15 is 0 Å². The molecule has 0 aromatic heterocycles. The smallest absolute Gasteiger partial charge is 0.254 e. The van der Waals surface area contributed by atoms with Gasteiger partial charge in [0.2, 0.25) is 11.8 Å². The molecule has 0 bridgehead atoms. The maximum absolute atomic E-state index is 13.0. The molecule has 7 heteroatoms. The van der Waals surface area contributed by atoms with Crippen molar-refractivity contribution in [3.63, 3.8) is 0 Å². The van der Waals surface area contributed by atoms with E-state index in [1.807, 2.05) is 13.0 Å². The van der Waals surface area contributed by atoms with E-state index in [0.29, 0.717) is 22.5 Å². The number of likely N-dealkylation sites (N-methyl/N-ethyl adjacent to an activating group) is 1. The highest BCUT2D eigenvalue weighted by atomic mass is 16.2. The number of carbonyl (C=O) groups is 3. The van der Waals surface area contributed by atoms with Gasteiger partial charge in [0.1, 0.15) is 6.54 Å². The van der Waals surface area contributed by atoms with Crippen molar-refractivity contribution in [1.29, 1.82) is 5.26 Å². The molecule has 1 N–H and O–H groups in total. The lowest BCUT2D eigenvalue weighted by Crippen LogP contribution is -2.45. The first kappa shape index (κ1) is 19.1. The van der Waals surface area contributed by atoms with E-state index in [4.69, 9.17) is 5.26 Å². The zero-order chi connectivity index (χ0) is 20.3. The van der Waals surface area contributed by atoms with Crippen molar-refractivity contribution in [1.82, 2.24) is 4.90 Å². The maximum atomic E-state index is 13.0. The van der Waals surface area contributed by atoms with Crippen molar-refractivity contribution in [2.45, 2.75) is 19.4 Å². The van der Waals surface area contributed by atoms with Crippen LogP contribution in [0.5, 0.6) is 0 Å². The predicted molar refractivity (Wildman–Crippen MR) is 105 cm³/mol. The second-order valence-electron chi connectivity index (χ2n) is 6.73. The number of rotatable bonds is 3. The summed E-state index contributed by atoms with van der Waals surface area (Å²) in [5.74, 6) is -0.749. The number of nitrogens with zero attached hydrogens (tertiary/aromatic N) is 3. The van der Waals surface area contributed by atoms with E-state index in [0.717, 1.165) is 0 Å². The molecule has 7 nitrogen and oxygen atoms in total. The third-order valence-corrected chi connectivity index (χ3v) is 4.61. The zero-order valence-electron chi connectivity index (χ0n) is 15.7. The Balaban J connectivity index is 1.80. The number of nitrogens with one attached hydrogen (secondary N) is 1. The molecule has 1 aliphatic heterocycles. The molecule has 0 fully saturated rings. The van der Waals surface area contributed by atoms with Crippen LogP contribution in [0, 0.1) is 11.3 Å². The molecule has 1 aliphatic rings. The number of hydrogen-bond acceptors (Lipinski definition) is 4. The summed E-state index contributed by atoms with van der Waals surface area (Å²) in [6, 6.07) is 15.0. The van der Waals surface area contributed by atoms with Crippen LogP contribution in [-0.4, -0.2) is 42.3 Å².